The Balaban J connectivity index is 2.02. The van der Waals surface area contributed by atoms with Crippen molar-refractivity contribution in [2.45, 2.75) is 0 Å². The van der Waals surface area contributed by atoms with Crippen LogP contribution in [0.3, 0.4) is 0 Å². The quantitative estimate of drug-likeness (QED) is 0.828. The summed E-state index contributed by atoms with van der Waals surface area (Å²) >= 11 is 0. The second-order valence-corrected chi connectivity index (χ2v) is 7.14. The summed E-state index contributed by atoms with van der Waals surface area (Å²) in [6, 6.07) is 15.5. The van der Waals surface area contributed by atoms with Crippen LogP contribution in [-0.4, -0.2) is 39.2 Å². The van der Waals surface area contributed by atoms with Gasteiger partial charge in [-0.15, -0.1) is 0 Å². The second-order valence-electron chi connectivity index (χ2n) is 5.05. The highest BCUT2D eigenvalue weighted by atomic mass is 32.2. The lowest BCUT2D eigenvalue weighted by Gasteiger charge is -2.15. The van der Waals surface area contributed by atoms with Crippen molar-refractivity contribution in [1.29, 1.82) is 0 Å². The highest BCUT2D eigenvalue weighted by Crippen LogP contribution is 2.28. The van der Waals surface area contributed by atoms with Crippen LogP contribution in [0.2, 0.25) is 0 Å². The van der Waals surface area contributed by atoms with Gasteiger partial charge in [-0.25, -0.2) is 12.7 Å². The van der Waals surface area contributed by atoms with Gasteiger partial charge in [-0.1, -0.05) is 36.4 Å². The maximum Gasteiger partial charge on any atom is 0.211 e. The Morgan fingerprint density at radius 1 is 1.09 bits per heavy atom. The molecule has 0 aliphatic heterocycles. The molecule has 0 unspecified atom stereocenters. The molecule has 0 amide bonds. The Labute approximate surface area is 131 Å². The highest BCUT2D eigenvalue weighted by Gasteiger charge is 2.11. The predicted molar refractivity (Wildman–Crippen MR) is 89.3 cm³/mol. The van der Waals surface area contributed by atoms with Crippen molar-refractivity contribution < 1.29 is 13.2 Å². The van der Waals surface area contributed by atoms with Gasteiger partial charge in [-0.05, 0) is 23.3 Å². The number of hydrogen-bond acceptors (Lipinski definition) is 4. The molecule has 6 heteroatoms. The Bertz CT molecular complexity index is 730. The number of nitrogen functional groups attached to an aromatic ring is 1. The smallest absolute Gasteiger partial charge is 0.211 e. The van der Waals surface area contributed by atoms with Crippen molar-refractivity contribution in [1.82, 2.24) is 4.31 Å². The normalized spacial score (nSPS) is 11.6. The van der Waals surface area contributed by atoms with E-state index < -0.39 is 10.0 Å². The summed E-state index contributed by atoms with van der Waals surface area (Å²) in [7, 11) is -1.67. The highest BCUT2D eigenvalue weighted by molar-refractivity contribution is 7.88. The molecule has 0 atom stereocenters. The first-order chi connectivity index (χ1) is 10.4. The van der Waals surface area contributed by atoms with Crippen LogP contribution < -0.4 is 10.5 Å². The van der Waals surface area contributed by atoms with E-state index in [0.29, 0.717) is 11.4 Å². The van der Waals surface area contributed by atoms with E-state index in [4.69, 9.17) is 10.5 Å². The maximum absolute atomic E-state index is 11.3. The molecule has 0 saturated carbocycles. The molecule has 5 nitrogen and oxygen atoms in total. The van der Waals surface area contributed by atoms with Gasteiger partial charge in [0.25, 0.3) is 0 Å². The van der Waals surface area contributed by atoms with Crippen molar-refractivity contribution in [3.05, 3.63) is 48.5 Å². The first-order valence-corrected chi connectivity index (χ1v) is 8.72. The SMILES string of the molecule is CN(CCOc1ccc(-c2ccccc2)cc1N)S(C)(=O)=O. The lowest BCUT2D eigenvalue weighted by Crippen LogP contribution is -2.29. The Hall–Kier alpha value is -2.05. The van der Waals surface area contributed by atoms with E-state index in [1.807, 2.05) is 42.5 Å². The number of likely N-dealkylation sites (N-methyl/N-ethyl adjacent to an activating group) is 1. The molecule has 118 valence electrons. The first-order valence-electron chi connectivity index (χ1n) is 6.87. The van der Waals surface area contributed by atoms with Crippen LogP contribution in [-0.2, 0) is 10.0 Å². The van der Waals surface area contributed by atoms with Gasteiger partial charge in [0, 0.05) is 13.6 Å². The molecule has 2 aromatic rings. The van der Waals surface area contributed by atoms with Gasteiger partial charge < -0.3 is 10.5 Å². The van der Waals surface area contributed by atoms with Crippen molar-refractivity contribution in [3.63, 3.8) is 0 Å². The molecule has 0 bridgehead atoms. The van der Waals surface area contributed by atoms with Crippen LogP contribution in [0, 0.1) is 0 Å². The fourth-order valence-corrected chi connectivity index (χ4v) is 2.35. The minimum atomic E-state index is -3.19. The number of nitrogens with two attached hydrogens (primary N) is 1. The van der Waals surface area contributed by atoms with Crippen LogP contribution >= 0.6 is 0 Å². The Morgan fingerprint density at radius 2 is 1.77 bits per heavy atom. The van der Waals surface area contributed by atoms with Crippen molar-refractivity contribution in [2.24, 2.45) is 0 Å². The van der Waals surface area contributed by atoms with E-state index in [2.05, 4.69) is 0 Å². The number of ether oxygens (including phenoxy) is 1. The standard InChI is InChI=1S/C16H20N2O3S/c1-18(22(2,19)20)10-11-21-16-9-8-14(12-15(16)17)13-6-4-3-5-7-13/h3-9,12H,10-11,17H2,1-2H3. The molecule has 0 radical (unpaired) electrons. The Kier molecular flexibility index (Phi) is 5.05. The molecule has 0 heterocycles. The van der Waals surface area contributed by atoms with E-state index in [0.717, 1.165) is 17.4 Å². The summed E-state index contributed by atoms with van der Waals surface area (Å²) < 4.78 is 29.4. The third-order valence-corrected chi connectivity index (χ3v) is 4.66. The summed E-state index contributed by atoms with van der Waals surface area (Å²) in [5.41, 5.74) is 8.63. The molecule has 0 aliphatic rings. The fraction of sp³-hybridized carbons (Fsp3) is 0.250. The van der Waals surface area contributed by atoms with Gasteiger partial charge in [0.1, 0.15) is 12.4 Å². The summed E-state index contributed by atoms with van der Waals surface area (Å²) in [5, 5.41) is 0. The largest absolute Gasteiger partial charge is 0.490 e. The Morgan fingerprint density at radius 3 is 2.36 bits per heavy atom. The van der Waals surface area contributed by atoms with E-state index in [1.165, 1.54) is 11.4 Å². The van der Waals surface area contributed by atoms with E-state index >= 15 is 0 Å². The van der Waals surface area contributed by atoms with Crippen LogP contribution in [0.1, 0.15) is 0 Å². The summed E-state index contributed by atoms with van der Waals surface area (Å²) in [4.78, 5) is 0. The number of nitrogens with zero attached hydrogens (tertiary/aromatic N) is 1. The van der Waals surface area contributed by atoms with Gasteiger partial charge in [0.2, 0.25) is 10.0 Å². The lowest BCUT2D eigenvalue weighted by atomic mass is 10.1. The van der Waals surface area contributed by atoms with E-state index in [1.54, 1.807) is 6.07 Å². The van der Waals surface area contributed by atoms with E-state index in [9.17, 15) is 8.42 Å². The van der Waals surface area contributed by atoms with E-state index in [-0.39, 0.29) is 13.2 Å². The van der Waals surface area contributed by atoms with Gasteiger partial charge >= 0.3 is 0 Å². The number of hydrogen-bond donors (Lipinski definition) is 1. The van der Waals surface area contributed by atoms with Crippen molar-refractivity contribution >= 4 is 15.7 Å². The zero-order valence-corrected chi connectivity index (χ0v) is 13.5. The maximum atomic E-state index is 11.3. The topological polar surface area (TPSA) is 72.6 Å². The number of anilines is 1. The minimum absolute atomic E-state index is 0.248. The summed E-state index contributed by atoms with van der Waals surface area (Å²) in [6.45, 7) is 0.525. The van der Waals surface area contributed by atoms with Crippen LogP contribution in [0.5, 0.6) is 5.75 Å². The second kappa shape index (κ2) is 6.81. The average molecular weight is 320 g/mol. The molecular weight excluding hydrogens is 300 g/mol. The van der Waals surface area contributed by atoms with Crippen LogP contribution in [0.25, 0.3) is 11.1 Å². The molecule has 0 aromatic heterocycles. The molecule has 2 rings (SSSR count). The molecule has 22 heavy (non-hydrogen) atoms. The average Bonchev–Trinajstić information content (AvgIpc) is 2.48. The molecule has 0 fully saturated rings. The zero-order chi connectivity index (χ0) is 16.2. The summed E-state index contributed by atoms with van der Waals surface area (Å²) in [5.74, 6) is 0.557. The van der Waals surface area contributed by atoms with Crippen LogP contribution in [0.15, 0.2) is 48.5 Å². The van der Waals surface area contributed by atoms with Gasteiger partial charge in [0.15, 0.2) is 0 Å². The van der Waals surface area contributed by atoms with Crippen LogP contribution in [0.4, 0.5) is 5.69 Å². The third kappa shape index (κ3) is 4.22. The third-order valence-electron chi connectivity index (χ3n) is 3.35. The molecule has 0 saturated heterocycles. The monoisotopic (exact) mass is 320 g/mol. The molecule has 0 aliphatic carbocycles. The number of sulfonamides is 1. The van der Waals surface area contributed by atoms with Gasteiger partial charge in [-0.2, -0.15) is 0 Å². The summed E-state index contributed by atoms with van der Waals surface area (Å²) in [6.07, 6.45) is 1.16. The fourth-order valence-electron chi connectivity index (χ4n) is 1.94. The molecule has 2 aromatic carbocycles. The van der Waals surface area contributed by atoms with Crippen molar-refractivity contribution in [2.75, 3.05) is 32.2 Å². The first kappa shape index (κ1) is 16.3. The zero-order valence-electron chi connectivity index (χ0n) is 12.7. The minimum Gasteiger partial charge on any atom is -0.490 e. The lowest BCUT2D eigenvalue weighted by molar-refractivity contribution is 0.289. The van der Waals surface area contributed by atoms with Crippen molar-refractivity contribution in [3.8, 4) is 16.9 Å². The van der Waals surface area contributed by atoms with Gasteiger partial charge in [-0.3, -0.25) is 0 Å². The molecule has 0 spiro atoms. The van der Waals surface area contributed by atoms with Gasteiger partial charge in [0.05, 0.1) is 11.9 Å². The molecule has 2 N–H and O–H groups in total. The predicted octanol–water partition coefficient (Wildman–Crippen LogP) is 2.21. The number of benzene rings is 2. The molecular formula is C16H20N2O3S. The number of rotatable bonds is 6.